The molecule has 0 saturated heterocycles. The molecule has 0 fully saturated rings. The Morgan fingerprint density at radius 3 is 2.79 bits per heavy atom. The molecule has 0 saturated carbocycles. The number of aryl methyl sites for hydroxylation is 1. The van der Waals surface area contributed by atoms with Crippen molar-refractivity contribution in [3.8, 4) is 0 Å². The maximum absolute atomic E-state index is 3.50. The molecule has 1 aromatic rings. The van der Waals surface area contributed by atoms with Crippen LogP contribution in [-0.4, -0.2) is 6.04 Å². The van der Waals surface area contributed by atoms with Crippen LogP contribution in [0.15, 0.2) is 22.7 Å². The van der Waals surface area contributed by atoms with E-state index in [4.69, 9.17) is 0 Å². The SMILES string of the molecule is CCC(C)NCc1cc(Br)ccc1C. The summed E-state index contributed by atoms with van der Waals surface area (Å²) in [6.45, 7) is 7.53. The summed E-state index contributed by atoms with van der Waals surface area (Å²) in [6.07, 6.45) is 1.17. The zero-order valence-electron chi connectivity index (χ0n) is 9.10. The van der Waals surface area contributed by atoms with Crippen molar-refractivity contribution in [3.05, 3.63) is 33.8 Å². The molecule has 1 aromatic carbocycles. The Morgan fingerprint density at radius 1 is 1.43 bits per heavy atom. The first kappa shape index (κ1) is 11.7. The molecule has 1 unspecified atom stereocenters. The molecule has 0 aliphatic rings. The number of nitrogens with one attached hydrogen (secondary N) is 1. The number of halogens is 1. The van der Waals surface area contributed by atoms with Gasteiger partial charge in [-0.3, -0.25) is 0 Å². The lowest BCUT2D eigenvalue weighted by Crippen LogP contribution is -2.24. The van der Waals surface area contributed by atoms with Crippen molar-refractivity contribution in [1.29, 1.82) is 0 Å². The lowest BCUT2D eigenvalue weighted by molar-refractivity contribution is 0.533. The van der Waals surface area contributed by atoms with Gasteiger partial charge in [-0.2, -0.15) is 0 Å². The molecule has 78 valence electrons. The minimum absolute atomic E-state index is 0.591. The van der Waals surface area contributed by atoms with Crippen molar-refractivity contribution >= 4 is 15.9 Å². The first-order valence-corrected chi connectivity index (χ1v) is 5.91. The fourth-order valence-electron chi connectivity index (χ4n) is 1.26. The predicted octanol–water partition coefficient (Wildman–Crippen LogP) is 3.65. The number of hydrogen-bond acceptors (Lipinski definition) is 1. The van der Waals surface area contributed by atoms with Crippen LogP contribution in [0.1, 0.15) is 31.4 Å². The van der Waals surface area contributed by atoms with Gasteiger partial charge >= 0.3 is 0 Å². The molecule has 0 radical (unpaired) electrons. The molecule has 0 aliphatic carbocycles. The highest BCUT2D eigenvalue weighted by Crippen LogP contribution is 2.15. The van der Waals surface area contributed by atoms with Crippen molar-refractivity contribution in [1.82, 2.24) is 5.32 Å². The van der Waals surface area contributed by atoms with E-state index in [-0.39, 0.29) is 0 Å². The summed E-state index contributed by atoms with van der Waals surface area (Å²) in [4.78, 5) is 0. The quantitative estimate of drug-likeness (QED) is 0.867. The summed E-state index contributed by atoms with van der Waals surface area (Å²) in [5.41, 5.74) is 2.73. The van der Waals surface area contributed by atoms with Crippen molar-refractivity contribution < 1.29 is 0 Å². The van der Waals surface area contributed by atoms with Crippen LogP contribution in [0.25, 0.3) is 0 Å². The summed E-state index contributed by atoms with van der Waals surface area (Å²) in [7, 11) is 0. The van der Waals surface area contributed by atoms with Gasteiger partial charge in [0, 0.05) is 17.1 Å². The summed E-state index contributed by atoms with van der Waals surface area (Å²) >= 11 is 3.49. The first-order chi connectivity index (χ1) is 6.63. The standard InChI is InChI=1S/C12H18BrN/c1-4-10(3)14-8-11-7-12(13)6-5-9(11)2/h5-7,10,14H,4,8H2,1-3H3. The molecule has 0 heterocycles. The van der Waals surface area contributed by atoms with Crippen LogP contribution in [0, 0.1) is 6.92 Å². The second-order valence-electron chi connectivity index (χ2n) is 3.76. The lowest BCUT2D eigenvalue weighted by atomic mass is 10.1. The second-order valence-corrected chi connectivity index (χ2v) is 4.68. The third kappa shape index (κ3) is 3.43. The normalized spacial score (nSPS) is 12.9. The molecule has 0 spiro atoms. The van der Waals surface area contributed by atoms with E-state index in [1.165, 1.54) is 17.5 Å². The Balaban J connectivity index is 2.62. The highest BCUT2D eigenvalue weighted by Gasteiger charge is 2.01. The zero-order chi connectivity index (χ0) is 10.6. The molecule has 1 rings (SSSR count). The van der Waals surface area contributed by atoms with Crippen LogP contribution >= 0.6 is 15.9 Å². The Hall–Kier alpha value is -0.340. The Kier molecular flexibility index (Phi) is 4.63. The van der Waals surface area contributed by atoms with Gasteiger partial charge in [0.1, 0.15) is 0 Å². The second kappa shape index (κ2) is 5.52. The van der Waals surface area contributed by atoms with Gasteiger partial charge in [0.25, 0.3) is 0 Å². The van der Waals surface area contributed by atoms with Crippen LogP contribution in [0.4, 0.5) is 0 Å². The van der Waals surface area contributed by atoms with E-state index in [2.05, 4.69) is 60.2 Å². The van der Waals surface area contributed by atoms with E-state index in [1.807, 2.05) is 0 Å². The van der Waals surface area contributed by atoms with E-state index in [1.54, 1.807) is 0 Å². The average molecular weight is 256 g/mol. The van der Waals surface area contributed by atoms with Crippen molar-refractivity contribution in [2.75, 3.05) is 0 Å². The minimum Gasteiger partial charge on any atom is -0.310 e. The lowest BCUT2D eigenvalue weighted by Gasteiger charge is -2.13. The van der Waals surface area contributed by atoms with Gasteiger partial charge in [0.2, 0.25) is 0 Å². The van der Waals surface area contributed by atoms with Crippen molar-refractivity contribution in [2.24, 2.45) is 0 Å². The van der Waals surface area contributed by atoms with E-state index < -0.39 is 0 Å². The third-order valence-corrected chi connectivity index (χ3v) is 3.06. The molecule has 1 nitrogen and oxygen atoms in total. The third-order valence-electron chi connectivity index (χ3n) is 2.56. The molecule has 2 heteroatoms. The number of hydrogen-bond donors (Lipinski definition) is 1. The summed E-state index contributed by atoms with van der Waals surface area (Å²) in [6, 6.07) is 7.01. The van der Waals surface area contributed by atoms with Gasteiger partial charge in [-0.25, -0.2) is 0 Å². The fourth-order valence-corrected chi connectivity index (χ4v) is 1.67. The largest absolute Gasteiger partial charge is 0.310 e. The van der Waals surface area contributed by atoms with Crippen molar-refractivity contribution in [2.45, 2.75) is 39.8 Å². The summed E-state index contributed by atoms with van der Waals surface area (Å²) < 4.78 is 1.16. The van der Waals surface area contributed by atoms with Crippen molar-refractivity contribution in [3.63, 3.8) is 0 Å². The van der Waals surface area contributed by atoms with Crippen LogP contribution in [-0.2, 0) is 6.54 Å². The number of benzene rings is 1. The highest BCUT2D eigenvalue weighted by atomic mass is 79.9. The minimum atomic E-state index is 0.591. The first-order valence-electron chi connectivity index (χ1n) is 5.12. The summed E-state index contributed by atoms with van der Waals surface area (Å²) in [5.74, 6) is 0. The van der Waals surface area contributed by atoms with Gasteiger partial charge in [0.05, 0.1) is 0 Å². The van der Waals surface area contributed by atoms with Crippen LogP contribution in [0.2, 0.25) is 0 Å². The number of rotatable bonds is 4. The van der Waals surface area contributed by atoms with E-state index >= 15 is 0 Å². The summed E-state index contributed by atoms with van der Waals surface area (Å²) in [5, 5.41) is 3.50. The molecule has 0 bridgehead atoms. The Labute approximate surface area is 95.0 Å². The van der Waals surface area contributed by atoms with E-state index in [9.17, 15) is 0 Å². The molecular formula is C12H18BrN. The molecule has 1 N–H and O–H groups in total. The van der Waals surface area contributed by atoms with Crippen LogP contribution < -0.4 is 5.32 Å². The van der Waals surface area contributed by atoms with Gasteiger partial charge in [-0.1, -0.05) is 28.9 Å². The average Bonchev–Trinajstić information content (AvgIpc) is 2.19. The zero-order valence-corrected chi connectivity index (χ0v) is 10.7. The van der Waals surface area contributed by atoms with Crippen LogP contribution in [0.3, 0.4) is 0 Å². The monoisotopic (exact) mass is 255 g/mol. The van der Waals surface area contributed by atoms with Gasteiger partial charge in [-0.15, -0.1) is 0 Å². The predicted molar refractivity (Wildman–Crippen MR) is 65.5 cm³/mol. The smallest absolute Gasteiger partial charge is 0.0211 e. The van der Waals surface area contributed by atoms with Crippen LogP contribution in [0.5, 0.6) is 0 Å². The molecule has 0 amide bonds. The molecule has 14 heavy (non-hydrogen) atoms. The molecule has 0 aliphatic heterocycles. The maximum Gasteiger partial charge on any atom is 0.0211 e. The van der Waals surface area contributed by atoms with E-state index in [0.717, 1.165) is 11.0 Å². The fraction of sp³-hybridized carbons (Fsp3) is 0.500. The van der Waals surface area contributed by atoms with Gasteiger partial charge < -0.3 is 5.32 Å². The van der Waals surface area contributed by atoms with Gasteiger partial charge in [0.15, 0.2) is 0 Å². The molecule has 0 aromatic heterocycles. The topological polar surface area (TPSA) is 12.0 Å². The maximum atomic E-state index is 3.50. The highest BCUT2D eigenvalue weighted by molar-refractivity contribution is 9.10. The molecule has 1 atom stereocenters. The van der Waals surface area contributed by atoms with Gasteiger partial charge in [-0.05, 0) is 43.5 Å². The molecular weight excluding hydrogens is 238 g/mol. The Bertz CT molecular complexity index is 296. The van der Waals surface area contributed by atoms with E-state index in [0.29, 0.717) is 6.04 Å². The Morgan fingerprint density at radius 2 is 2.14 bits per heavy atom.